The summed E-state index contributed by atoms with van der Waals surface area (Å²) in [6.45, 7) is -0.0567. The molecular formula is C18H11ClN2O5. The molecule has 0 aliphatic rings. The zero-order chi connectivity index (χ0) is 17.9. The molecule has 0 radical (unpaired) electrons. The fourth-order valence-electron chi connectivity index (χ4n) is 2.25. The molecular weight excluding hydrogens is 360 g/mol. The van der Waals surface area contributed by atoms with E-state index in [0.29, 0.717) is 28.0 Å². The first-order chi connectivity index (χ1) is 12.7. The first-order valence-electron chi connectivity index (χ1n) is 7.58. The number of benzene rings is 1. The molecule has 1 aromatic carbocycles. The summed E-state index contributed by atoms with van der Waals surface area (Å²) in [5.74, 6) is 0.728. The van der Waals surface area contributed by atoms with Crippen molar-refractivity contribution >= 4 is 17.6 Å². The van der Waals surface area contributed by atoms with E-state index in [0.717, 1.165) is 5.56 Å². The van der Waals surface area contributed by atoms with Crippen LogP contribution in [0.1, 0.15) is 16.2 Å². The molecule has 0 aliphatic heterocycles. The number of rotatable bonds is 5. The van der Waals surface area contributed by atoms with E-state index >= 15 is 0 Å². The maximum Gasteiger partial charge on any atom is 0.360 e. The number of aromatic nitrogens is 2. The van der Waals surface area contributed by atoms with Crippen molar-refractivity contribution in [3.63, 3.8) is 0 Å². The van der Waals surface area contributed by atoms with Crippen molar-refractivity contribution in [3.05, 3.63) is 71.2 Å². The standard InChI is InChI=1S/C18H11ClN2O5/c19-12-5-3-11(4-6-12)16-8-13(20-25-16)10-24-18(22)14-9-17(26-21-14)15-2-1-7-23-15/h1-9H,10H2. The number of ether oxygens (including phenoxy) is 1. The Hall–Kier alpha value is -3.32. The minimum atomic E-state index is -0.636. The Morgan fingerprint density at radius 2 is 1.81 bits per heavy atom. The molecule has 0 spiro atoms. The van der Waals surface area contributed by atoms with E-state index < -0.39 is 5.97 Å². The second-order valence-corrected chi connectivity index (χ2v) is 5.76. The fourth-order valence-corrected chi connectivity index (χ4v) is 2.38. The van der Waals surface area contributed by atoms with Crippen LogP contribution in [-0.4, -0.2) is 16.3 Å². The van der Waals surface area contributed by atoms with Crippen molar-refractivity contribution in [2.24, 2.45) is 0 Å². The molecule has 7 nitrogen and oxygen atoms in total. The molecule has 0 fully saturated rings. The van der Waals surface area contributed by atoms with Crippen LogP contribution in [0.3, 0.4) is 0 Å². The predicted molar refractivity (Wildman–Crippen MR) is 90.3 cm³/mol. The molecule has 0 unspecified atom stereocenters. The van der Waals surface area contributed by atoms with Crippen molar-refractivity contribution in [3.8, 4) is 22.8 Å². The van der Waals surface area contributed by atoms with Gasteiger partial charge in [0.2, 0.25) is 5.76 Å². The third-order valence-electron chi connectivity index (χ3n) is 3.52. The monoisotopic (exact) mass is 370 g/mol. The second-order valence-electron chi connectivity index (χ2n) is 5.32. The van der Waals surface area contributed by atoms with Crippen molar-refractivity contribution in [1.29, 1.82) is 0 Å². The van der Waals surface area contributed by atoms with Gasteiger partial charge < -0.3 is 18.2 Å². The van der Waals surface area contributed by atoms with Crippen LogP contribution in [0.2, 0.25) is 5.02 Å². The third kappa shape index (κ3) is 3.38. The van der Waals surface area contributed by atoms with Crippen LogP contribution in [0.5, 0.6) is 0 Å². The van der Waals surface area contributed by atoms with Gasteiger partial charge in [-0.1, -0.05) is 21.9 Å². The molecule has 0 aliphatic carbocycles. The molecule has 4 rings (SSSR count). The van der Waals surface area contributed by atoms with E-state index in [1.54, 1.807) is 30.3 Å². The zero-order valence-corrected chi connectivity index (χ0v) is 14.0. The highest BCUT2D eigenvalue weighted by atomic mass is 35.5. The second kappa shape index (κ2) is 6.89. The molecule has 0 bridgehead atoms. The summed E-state index contributed by atoms with van der Waals surface area (Å²) in [5.41, 5.74) is 1.33. The lowest BCUT2D eigenvalue weighted by molar-refractivity contribution is 0.0452. The van der Waals surface area contributed by atoms with E-state index in [1.165, 1.54) is 12.3 Å². The number of halogens is 1. The van der Waals surface area contributed by atoms with Crippen LogP contribution < -0.4 is 0 Å². The van der Waals surface area contributed by atoms with Gasteiger partial charge in [-0.2, -0.15) is 0 Å². The van der Waals surface area contributed by atoms with Crippen molar-refractivity contribution in [1.82, 2.24) is 10.3 Å². The number of hydrogen-bond acceptors (Lipinski definition) is 7. The van der Waals surface area contributed by atoms with Crippen LogP contribution in [0.4, 0.5) is 0 Å². The summed E-state index contributed by atoms with van der Waals surface area (Å²) in [6.07, 6.45) is 1.50. The highest BCUT2D eigenvalue weighted by molar-refractivity contribution is 6.30. The third-order valence-corrected chi connectivity index (χ3v) is 3.77. The van der Waals surface area contributed by atoms with Crippen molar-refractivity contribution < 1.29 is 23.0 Å². The van der Waals surface area contributed by atoms with Crippen LogP contribution >= 0.6 is 11.6 Å². The van der Waals surface area contributed by atoms with E-state index in [9.17, 15) is 4.79 Å². The first-order valence-corrected chi connectivity index (χ1v) is 7.96. The average Bonchev–Trinajstić information content (AvgIpc) is 3.41. The highest BCUT2D eigenvalue weighted by Gasteiger charge is 2.17. The van der Waals surface area contributed by atoms with E-state index in [2.05, 4.69) is 10.3 Å². The van der Waals surface area contributed by atoms with Crippen LogP contribution in [0.25, 0.3) is 22.8 Å². The van der Waals surface area contributed by atoms with Gasteiger partial charge in [-0.3, -0.25) is 0 Å². The molecule has 0 amide bonds. The molecule has 0 saturated carbocycles. The zero-order valence-electron chi connectivity index (χ0n) is 13.2. The van der Waals surface area contributed by atoms with Gasteiger partial charge in [0.15, 0.2) is 17.2 Å². The number of carbonyl (C=O) groups is 1. The lowest BCUT2D eigenvalue weighted by Gasteiger charge is -1.97. The maximum atomic E-state index is 12.1. The smallest absolute Gasteiger partial charge is 0.360 e. The minimum Gasteiger partial charge on any atom is -0.461 e. The lowest BCUT2D eigenvalue weighted by Crippen LogP contribution is -2.05. The van der Waals surface area contributed by atoms with Gasteiger partial charge in [0.1, 0.15) is 12.3 Å². The quantitative estimate of drug-likeness (QED) is 0.474. The topological polar surface area (TPSA) is 91.5 Å². The van der Waals surface area contributed by atoms with Gasteiger partial charge in [0, 0.05) is 22.7 Å². The number of esters is 1. The normalized spacial score (nSPS) is 10.8. The van der Waals surface area contributed by atoms with Crippen LogP contribution in [0, 0.1) is 0 Å². The Kier molecular flexibility index (Phi) is 4.28. The number of hydrogen-bond donors (Lipinski definition) is 0. The Balaban J connectivity index is 1.40. The molecule has 3 aromatic heterocycles. The van der Waals surface area contributed by atoms with Gasteiger partial charge in [-0.15, -0.1) is 0 Å². The van der Waals surface area contributed by atoms with Crippen LogP contribution in [-0.2, 0) is 11.3 Å². The summed E-state index contributed by atoms with van der Waals surface area (Å²) >= 11 is 5.86. The van der Waals surface area contributed by atoms with E-state index in [4.69, 9.17) is 29.8 Å². The molecule has 8 heteroatoms. The van der Waals surface area contributed by atoms with E-state index in [1.807, 2.05) is 12.1 Å². The molecule has 4 aromatic rings. The Bertz CT molecular complexity index is 1020. The van der Waals surface area contributed by atoms with Crippen LogP contribution in [0.15, 0.2) is 68.3 Å². The van der Waals surface area contributed by atoms with Gasteiger partial charge in [-0.25, -0.2) is 4.79 Å². The fraction of sp³-hybridized carbons (Fsp3) is 0.0556. The maximum absolute atomic E-state index is 12.1. The molecule has 0 saturated heterocycles. The molecule has 26 heavy (non-hydrogen) atoms. The first kappa shape index (κ1) is 16.2. The number of nitrogens with zero attached hydrogens (tertiary/aromatic N) is 2. The summed E-state index contributed by atoms with van der Waals surface area (Å²) < 4.78 is 20.7. The Morgan fingerprint density at radius 3 is 2.58 bits per heavy atom. The SMILES string of the molecule is O=C(OCc1cc(-c2ccc(Cl)cc2)on1)c1cc(-c2ccco2)on1. The summed E-state index contributed by atoms with van der Waals surface area (Å²) in [7, 11) is 0. The average molecular weight is 371 g/mol. The lowest BCUT2D eigenvalue weighted by atomic mass is 10.2. The number of carbonyl (C=O) groups excluding carboxylic acids is 1. The molecule has 0 N–H and O–H groups in total. The largest absolute Gasteiger partial charge is 0.461 e. The Labute approximate surface area is 152 Å². The molecule has 0 atom stereocenters. The van der Waals surface area contributed by atoms with Gasteiger partial charge >= 0.3 is 5.97 Å². The summed E-state index contributed by atoms with van der Waals surface area (Å²) in [6, 6.07) is 13.7. The Morgan fingerprint density at radius 1 is 1.00 bits per heavy atom. The predicted octanol–water partition coefficient (Wildman–Crippen LogP) is 4.60. The molecule has 3 heterocycles. The van der Waals surface area contributed by atoms with Crippen molar-refractivity contribution in [2.75, 3.05) is 0 Å². The van der Waals surface area contributed by atoms with E-state index in [-0.39, 0.29) is 12.3 Å². The van der Waals surface area contributed by atoms with Gasteiger partial charge in [-0.05, 0) is 36.4 Å². The minimum absolute atomic E-state index is 0.0396. The summed E-state index contributed by atoms with van der Waals surface area (Å²) in [5, 5.41) is 8.19. The van der Waals surface area contributed by atoms with Gasteiger partial charge in [0.05, 0.1) is 6.26 Å². The van der Waals surface area contributed by atoms with Gasteiger partial charge in [0.25, 0.3) is 0 Å². The highest BCUT2D eigenvalue weighted by Crippen LogP contribution is 2.23. The molecule has 130 valence electrons. The summed E-state index contributed by atoms with van der Waals surface area (Å²) in [4.78, 5) is 12.1. The van der Waals surface area contributed by atoms with Crippen molar-refractivity contribution in [2.45, 2.75) is 6.61 Å². The number of furan rings is 1.